The van der Waals surface area contributed by atoms with Crippen LogP contribution in [0.3, 0.4) is 0 Å². The number of fused-ring (bicyclic) bond motifs is 2. The molecule has 0 fully saturated rings. The zero-order chi connectivity index (χ0) is 12.8. The summed E-state index contributed by atoms with van der Waals surface area (Å²) in [4.78, 5) is 0. The summed E-state index contributed by atoms with van der Waals surface area (Å²) in [5.74, 6) is 0.889. The van der Waals surface area contributed by atoms with Crippen molar-refractivity contribution in [3.63, 3.8) is 0 Å². The van der Waals surface area contributed by atoms with Gasteiger partial charge in [0.25, 0.3) is 0 Å². The van der Waals surface area contributed by atoms with Crippen molar-refractivity contribution in [2.24, 2.45) is 0 Å². The van der Waals surface area contributed by atoms with Crippen molar-refractivity contribution in [3.8, 4) is 6.01 Å². The lowest BCUT2D eigenvalue weighted by Gasteiger charge is -2.24. The van der Waals surface area contributed by atoms with Crippen molar-refractivity contribution >= 4 is 12.3 Å². The Morgan fingerprint density at radius 3 is 2.72 bits per heavy atom. The second-order valence-electron chi connectivity index (χ2n) is 4.91. The van der Waals surface area contributed by atoms with Gasteiger partial charge in [-0.3, -0.25) is 4.57 Å². The van der Waals surface area contributed by atoms with Crippen LogP contribution in [-0.2, 0) is 5.41 Å². The molecule has 0 unspecified atom stereocenters. The van der Waals surface area contributed by atoms with Gasteiger partial charge in [0.2, 0.25) is 0 Å². The number of rotatable bonds is 1. The lowest BCUT2D eigenvalue weighted by molar-refractivity contribution is 0.372. The highest BCUT2D eigenvalue weighted by atomic mass is 16.5. The van der Waals surface area contributed by atoms with E-state index in [4.69, 9.17) is 4.74 Å². The molecule has 92 valence electrons. The van der Waals surface area contributed by atoms with Gasteiger partial charge in [-0.15, -0.1) is 5.10 Å². The average Bonchev–Trinajstić information content (AvgIpc) is 2.75. The third-order valence-electron chi connectivity index (χ3n) is 3.44. The fourth-order valence-corrected chi connectivity index (χ4v) is 2.46. The van der Waals surface area contributed by atoms with E-state index in [-0.39, 0.29) is 5.41 Å². The molecule has 0 N–H and O–H groups in total. The minimum Gasteiger partial charge on any atom is -0.467 e. The molecule has 3 rings (SSSR count). The zero-order valence-corrected chi connectivity index (χ0v) is 10.7. The first-order chi connectivity index (χ1) is 8.64. The van der Waals surface area contributed by atoms with Crippen LogP contribution in [0.15, 0.2) is 24.3 Å². The molecular formula is C14H15N3O. The van der Waals surface area contributed by atoms with E-state index in [9.17, 15) is 0 Å². The first-order valence-electron chi connectivity index (χ1n) is 5.91. The van der Waals surface area contributed by atoms with Gasteiger partial charge in [-0.25, -0.2) is 0 Å². The summed E-state index contributed by atoms with van der Waals surface area (Å²) in [6.07, 6.45) is 4.03. The van der Waals surface area contributed by atoms with Crippen molar-refractivity contribution in [1.29, 1.82) is 0 Å². The maximum Gasteiger partial charge on any atom is 0.320 e. The summed E-state index contributed by atoms with van der Waals surface area (Å²) in [7, 11) is 1.61. The normalized spacial score (nSPS) is 15.7. The lowest BCUT2D eigenvalue weighted by Crippen LogP contribution is -2.23. The predicted octanol–water partition coefficient (Wildman–Crippen LogP) is 2.55. The summed E-state index contributed by atoms with van der Waals surface area (Å²) >= 11 is 0. The van der Waals surface area contributed by atoms with E-state index >= 15 is 0 Å². The largest absolute Gasteiger partial charge is 0.467 e. The molecule has 0 saturated heterocycles. The van der Waals surface area contributed by atoms with Gasteiger partial charge in [0, 0.05) is 6.20 Å². The molecule has 1 aromatic carbocycles. The third kappa shape index (κ3) is 1.38. The number of hydrogen-bond acceptors (Lipinski definition) is 3. The van der Waals surface area contributed by atoms with E-state index in [2.05, 4.69) is 48.3 Å². The first kappa shape index (κ1) is 11.0. The second-order valence-corrected chi connectivity index (χ2v) is 4.91. The van der Waals surface area contributed by atoms with Crippen LogP contribution in [0.25, 0.3) is 12.3 Å². The van der Waals surface area contributed by atoms with Crippen molar-refractivity contribution in [2.45, 2.75) is 19.3 Å². The number of methoxy groups -OCH3 is 1. The summed E-state index contributed by atoms with van der Waals surface area (Å²) in [6, 6.07) is 8.86. The Balaban J connectivity index is 2.30. The zero-order valence-electron chi connectivity index (χ0n) is 10.7. The van der Waals surface area contributed by atoms with Crippen LogP contribution < -0.4 is 4.74 Å². The predicted molar refractivity (Wildman–Crippen MR) is 70.4 cm³/mol. The molecule has 1 aromatic heterocycles. The van der Waals surface area contributed by atoms with Crippen LogP contribution in [0.4, 0.5) is 0 Å². The Hall–Kier alpha value is -2.10. The average molecular weight is 241 g/mol. The molecule has 0 saturated carbocycles. The first-order valence-corrected chi connectivity index (χ1v) is 5.91. The molecule has 4 nitrogen and oxygen atoms in total. The van der Waals surface area contributed by atoms with Crippen molar-refractivity contribution in [2.75, 3.05) is 7.11 Å². The van der Waals surface area contributed by atoms with Gasteiger partial charge in [0.05, 0.1) is 12.5 Å². The summed E-state index contributed by atoms with van der Waals surface area (Å²) in [6.45, 7) is 4.30. The molecule has 0 aliphatic carbocycles. The quantitative estimate of drug-likeness (QED) is 0.770. The molecule has 0 spiro atoms. The number of nitrogens with zero attached hydrogens (tertiary/aromatic N) is 3. The molecule has 0 atom stereocenters. The highest BCUT2D eigenvalue weighted by Gasteiger charge is 2.33. The van der Waals surface area contributed by atoms with Crippen molar-refractivity contribution in [1.82, 2.24) is 14.8 Å². The Labute approximate surface area is 106 Å². The van der Waals surface area contributed by atoms with Crippen molar-refractivity contribution in [3.05, 3.63) is 41.2 Å². The Bertz CT molecular complexity index is 626. The fraction of sp³-hybridized carbons (Fsp3) is 0.286. The van der Waals surface area contributed by atoms with Gasteiger partial charge in [0.15, 0.2) is 0 Å². The molecule has 4 heteroatoms. The van der Waals surface area contributed by atoms with E-state index in [1.807, 2.05) is 16.8 Å². The van der Waals surface area contributed by atoms with Crippen LogP contribution >= 0.6 is 0 Å². The second kappa shape index (κ2) is 3.70. The smallest absolute Gasteiger partial charge is 0.320 e. The summed E-state index contributed by atoms with van der Waals surface area (Å²) in [5, 5.41) is 8.34. The standard InChI is InChI=1S/C14H15N3O/c1-14(2)11-7-5-4-6-10(11)8-9-17-12(14)15-16-13(17)18-3/h4-9H,1-3H3. The molecule has 2 aromatic rings. The molecule has 0 radical (unpaired) electrons. The van der Waals surface area contributed by atoms with Gasteiger partial charge in [-0.2, -0.15) is 0 Å². The highest BCUT2D eigenvalue weighted by Crippen LogP contribution is 2.36. The molecule has 18 heavy (non-hydrogen) atoms. The van der Waals surface area contributed by atoms with Gasteiger partial charge < -0.3 is 4.74 Å². The number of ether oxygens (including phenoxy) is 1. The van der Waals surface area contributed by atoms with Gasteiger partial charge in [0.1, 0.15) is 5.82 Å². The van der Waals surface area contributed by atoms with Gasteiger partial charge >= 0.3 is 6.01 Å². The number of benzene rings is 1. The van der Waals surface area contributed by atoms with E-state index < -0.39 is 0 Å². The van der Waals surface area contributed by atoms with E-state index in [1.54, 1.807) is 7.11 Å². The minimum atomic E-state index is -0.204. The lowest BCUT2D eigenvalue weighted by atomic mass is 9.81. The summed E-state index contributed by atoms with van der Waals surface area (Å²) < 4.78 is 7.14. The molecule has 0 amide bonds. The van der Waals surface area contributed by atoms with Crippen molar-refractivity contribution < 1.29 is 4.74 Å². The molecular weight excluding hydrogens is 226 g/mol. The molecule has 2 heterocycles. The van der Waals surface area contributed by atoms with Gasteiger partial charge in [-0.1, -0.05) is 29.4 Å². The number of hydrogen-bond donors (Lipinski definition) is 0. The van der Waals surface area contributed by atoms with E-state index in [0.717, 1.165) is 5.82 Å². The number of aromatic nitrogens is 3. The highest BCUT2D eigenvalue weighted by molar-refractivity contribution is 5.68. The van der Waals surface area contributed by atoms with Crippen LogP contribution in [0, 0.1) is 0 Å². The Morgan fingerprint density at radius 1 is 1.17 bits per heavy atom. The van der Waals surface area contributed by atoms with Crippen LogP contribution in [0.5, 0.6) is 6.01 Å². The summed E-state index contributed by atoms with van der Waals surface area (Å²) in [5.41, 5.74) is 2.24. The minimum absolute atomic E-state index is 0.204. The molecule has 1 aliphatic heterocycles. The Morgan fingerprint density at radius 2 is 1.94 bits per heavy atom. The Kier molecular flexibility index (Phi) is 2.26. The van der Waals surface area contributed by atoms with Crippen LogP contribution in [0.2, 0.25) is 0 Å². The fourth-order valence-electron chi connectivity index (χ4n) is 2.46. The van der Waals surface area contributed by atoms with Crippen LogP contribution in [0.1, 0.15) is 30.8 Å². The SMILES string of the molecule is COc1nnc2n1C=Cc1ccccc1C2(C)C. The monoisotopic (exact) mass is 241 g/mol. The van der Waals surface area contributed by atoms with Crippen LogP contribution in [-0.4, -0.2) is 21.9 Å². The maximum absolute atomic E-state index is 5.24. The third-order valence-corrected chi connectivity index (χ3v) is 3.44. The molecule has 0 bridgehead atoms. The maximum atomic E-state index is 5.24. The molecule has 1 aliphatic rings. The van der Waals surface area contributed by atoms with E-state index in [0.29, 0.717) is 6.01 Å². The van der Waals surface area contributed by atoms with Gasteiger partial charge in [-0.05, 0) is 31.1 Å². The van der Waals surface area contributed by atoms with E-state index in [1.165, 1.54) is 11.1 Å². The topological polar surface area (TPSA) is 39.9 Å².